The van der Waals surface area contributed by atoms with Crippen LogP contribution in [0.1, 0.15) is 10.5 Å². The molecule has 1 heterocycles. The Bertz CT molecular complexity index is 713. The Morgan fingerprint density at radius 3 is 2.76 bits per heavy atom. The van der Waals surface area contributed by atoms with Crippen LogP contribution in [0.4, 0.5) is 11.4 Å². The highest BCUT2D eigenvalue weighted by atomic mass is 35.5. The summed E-state index contributed by atoms with van der Waals surface area (Å²) in [6.45, 7) is 0. The van der Waals surface area contributed by atoms with Crippen LogP contribution in [0.15, 0.2) is 24.4 Å². The van der Waals surface area contributed by atoms with Crippen molar-refractivity contribution in [1.82, 2.24) is 9.78 Å². The van der Waals surface area contributed by atoms with Crippen LogP contribution in [-0.2, 0) is 7.05 Å². The largest absolute Gasteiger partial charge is 0.496 e. The molecule has 0 atom stereocenters. The molecule has 0 spiro atoms. The van der Waals surface area contributed by atoms with Gasteiger partial charge in [0.2, 0.25) is 0 Å². The molecule has 0 bridgehead atoms. The van der Waals surface area contributed by atoms with Crippen molar-refractivity contribution in [2.24, 2.45) is 7.05 Å². The quantitative estimate of drug-likeness (QED) is 0.689. The number of rotatable bonds is 4. The summed E-state index contributed by atoms with van der Waals surface area (Å²) in [5.41, 5.74) is -0.258. The van der Waals surface area contributed by atoms with E-state index < -0.39 is 10.8 Å². The van der Waals surface area contributed by atoms with Crippen LogP contribution in [0.2, 0.25) is 5.02 Å². The SMILES string of the molecule is COc1ccc(NC(=O)c2nn(C)cc2Cl)c([N+](=O)[O-])c1. The molecule has 110 valence electrons. The highest BCUT2D eigenvalue weighted by molar-refractivity contribution is 6.34. The molecule has 2 rings (SSSR count). The standard InChI is InChI=1S/C12H11ClN4O4/c1-16-6-8(13)11(15-16)12(18)14-9-4-3-7(21-2)5-10(9)17(19)20/h3-6H,1-2H3,(H,14,18). The zero-order valence-corrected chi connectivity index (χ0v) is 11.9. The van der Waals surface area contributed by atoms with Crippen molar-refractivity contribution >= 4 is 28.9 Å². The van der Waals surface area contributed by atoms with Gasteiger partial charge in [0.05, 0.1) is 23.1 Å². The van der Waals surface area contributed by atoms with E-state index in [0.29, 0.717) is 5.75 Å². The van der Waals surface area contributed by atoms with Gasteiger partial charge in [-0.2, -0.15) is 5.10 Å². The molecule has 0 unspecified atom stereocenters. The summed E-state index contributed by atoms with van der Waals surface area (Å²) in [5.74, 6) is -0.315. The summed E-state index contributed by atoms with van der Waals surface area (Å²) in [4.78, 5) is 22.5. The van der Waals surface area contributed by atoms with Gasteiger partial charge in [0.15, 0.2) is 5.69 Å². The van der Waals surface area contributed by atoms with Crippen molar-refractivity contribution < 1.29 is 14.5 Å². The molecule has 0 saturated heterocycles. The van der Waals surface area contributed by atoms with E-state index in [1.165, 1.54) is 36.2 Å². The van der Waals surface area contributed by atoms with Gasteiger partial charge in [-0.15, -0.1) is 0 Å². The van der Waals surface area contributed by atoms with Crippen LogP contribution in [0, 0.1) is 10.1 Å². The lowest BCUT2D eigenvalue weighted by Crippen LogP contribution is -2.14. The van der Waals surface area contributed by atoms with Crippen LogP contribution in [0.5, 0.6) is 5.75 Å². The molecule has 1 aromatic heterocycles. The number of amides is 1. The Balaban J connectivity index is 2.33. The number of nitrogens with one attached hydrogen (secondary N) is 1. The van der Waals surface area contributed by atoms with Crippen LogP contribution >= 0.6 is 11.6 Å². The summed E-state index contributed by atoms with van der Waals surface area (Å²) < 4.78 is 6.29. The van der Waals surface area contributed by atoms with Gasteiger partial charge in [0.25, 0.3) is 11.6 Å². The van der Waals surface area contributed by atoms with Gasteiger partial charge in [-0.25, -0.2) is 0 Å². The molecule has 0 aliphatic rings. The molecular formula is C12H11ClN4O4. The second-order valence-electron chi connectivity index (χ2n) is 4.09. The number of hydrogen-bond donors (Lipinski definition) is 1. The molecular weight excluding hydrogens is 300 g/mol. The molecule has 21 heavy (non-hydrogen) atoms. The zero-order chi connectivity index (χ0) is 15.6. The topological polar surface area (TPSA) is 99.3 Å². The number of ether oxygens (including phenoxy) is 1. The number of nitrogens with zero attached hydrogens (tertiary/aromatic N) is 3. The fraction of sp³-hybridized carbons (Fsp3) is 0.167. The number of aromatic nitrogens is 2. The average Bonchev–Trinajstić information content (AvgIpc) is 2.78. The molecule has 0 saturated carbocycles. The first kappa shape index (κ1) is 14.8. The van der Waals surface area contributed by atoms with E-state index in [4.69, 9.17) is 16.3 Å². The third kappa shape index (κ3) is 3.11. The van der Waals surface area contributed by atoms with Gasteiger partial charge in [0.1, 0.15) is 11.4 Å². The van der Waals surface area contributed by atoms with Crippen molar-refractivity contribution in [3.8, 4) is 5.75 Å². The number of benzene rings is 1. The minimum absolute atomic E-state index is 0.00992. The second kappa shape index (κ2) is 5.80. The van der Waals surface area contributed by atoms with Crippen molar-refractivity contribution in [2.75, 3.05) is 12.4 Å². The first-order valence-electron chi connectivity index (χ1n) is 5.75. The minimum atomic E-state index is -0.631. The zero-order valence-electron chi connectivity index (χ0n) is 11.2. The van der Waals surface area contributed by atoms with Crippen LogP contribution in [0.25, 0.3) is 0 Å². The first-order chi connectivity index (χ1) is 9.92. The van der Waals surface area contributed by atoms with E-state index in [1.807, 2.05) is 0 Å². The molecule has 9 heteroatoms. The molecule has 8 nitrogen and oxygen atoms in total. The molecule has 0 fully saturated rings. The van der Waals surface area contributed by atoms with Crippen molar-refractivity contribution in [1.29, 1.82) is 0 Å². The molecule has 0 radical (unpaired) electrons. The van der Waals surface area contributed by atoms with E-state index in [0.717, 1.165) is 0 Å². The maximum absolute atomic E-state index is 12.1. The monoisotopic (exact) mass is 310 g/mol. The van der Waals surface area contributed by atoms with E-state index in [9.17, 15) is 14.9 Å². The van der Waals surface area contributed by atoms with Gasteiger partial charge in [0, 0.05) is 13.2 Å². The summed E-state index contributed by atoms with van der Waals surface area (Å²) in [6, 6.07) is 4.10. The normalized spacial score (nSPS) is 10.2. The third-order valence-electron chi connectivity index (χ3n) is 2.65. The van der Waals surface area contributed by atoms with Gasteiger partial charge < -0.3 is 10.1 Å². The third-order valence-corrected chi connectivity index (χ3v) is 2.93. The smallest absolute Gasteiger partial charge is 0.296 e. The lowest BCUT2D eigenvalue weighted by Gasteiger charge is -2.06. The number of methoxy groups -OCH3 is 1. The fourth-order valence-electron chi connectivity index (χ4n) is 1.69. The molecule has 0 aliphatic heterocycles. The lowest BCUT2D eigenvalue weighted by molar-refractivity contribution is -0.384. The Morgan fingerprint density at radius 1 is 1.52 bits per heavy atom. The Kier molecular flexibility index (Phi) is 4.08. The predicted molar refractivity (Wildman–Crippen MR) is 75.8 cm³/mol. The van der Waals surface area contributed by atoms with E-state index >= 15 is 0 Å². The van der Waals surface area contributed by atoms with Gasteiger partial charge in [-0.3, -0.25) is 19.6 Å². The molecule has 0 aliphatic carbocycles. The number of anilines is 1. The van der Waals surface area contributed by atoms with Crippen LogP contribution in [0.3, 0.4) is 0 Å². The van der Waals surface area contributed by atoms with E-state index in [-0.39, 0.29) is 22.1 Å². The molecule has 2 aromatic rings. The number of hydrogen-bond acceptors (Lipinski definition) is 5. The fourth-order valence-corrected chi connectivity index (χ4v) is 1.95. The van der Waals surface area contributed by atoms with Gasteiger partial charge in [-0.05, 0) is 12.1 Å². The van der Waals surface area contributed by atoms with Crippen molar-refractivity contribution in [2.45, 2.75) is 0 Å². The summed E-state index contributed by atoms with van der Waals surface area (Å²) in [5, 5.41) is 17.5. The lowest BCUT2D eigenvalue weighted by atomic mass is 10.2. The van der Waals surface area contributed by atoms with Crippen LogP contribution in [-0.4, -0.2) is 27.7 Å². The van der Waals surface area contributed by atoms with E-state index in [1.54, 1.807) is 7.05 Å². The van der Waals surface area contributed by atoms with Crippen molar-refractivity contribution in [3.05, 3.63) is 45.2 Å². The predicted octanol–water partition coefficient (Wildman–Crippen LogP) is 2.24. The maximum Gasteiger partial charge on any atom is 0.296 e. The minimum Gasteiger partial charge on any atom is -0.496 e. The highest BCUT2D eigenvalue weighted by Crippen LogP contribution is 2.29. The maximum atomic E-state index is 12.1. The number of nitro benzene ring substituents is 1. The number of carbonyl (C=O) groups is 1. The molecule has 1 aromatic carbocycles. The van der Waals surface area contributed by atoms with Gasteiger partial charge >= 0.3 is 0 Å². The summed E-state index contributed by atoms with van der Waals surface area (Å²) >= 11 is 5.86. The van der Waals surface area contributed by atoms with Gasteiger partial charge in [-0.1, -0.05) is 11.6 Å². The summed E-state index contributed by atoms with van der Waals surface area (Å²) in [6.07, 6.45) is 1.46. The summed E-state index contributed by atoms with van der Waals surface area (Å²) in [7, 11) is 3.00. The van der Waals surface area contributed by atoms with E-state index in [2.05, 4.69) is 10.4 Å². The van der Waals surface area contributed by atoms with Crippen LogP contribution < -0.4 is 10.1 Å². The number of halogens is 1. The average molecular weight is 311 g/mol. The highest BCUT2D eigenvalue weighted by Gasteiger charge is 2.20. The Morgan fingerprint density at radius 2 is 2.24 bits per heavy atom. The number of aryl methyl sites for hydroxylation is 1. The molecule has 1 amide bonds. The first-order valence-corrected chi connectivity index (χ1v) is 6.13. The Labute approximate surface area is 124 Å². The molecule has 1 N–H and O–H groups in total. The second-order valence-corrected chi connectivity index (χ2v) is 4.50. The Hall–Kier alpha value is -2.61. The van der Waals surface area contributed by atoms with Crippen molar-refractivity contribution in [3.63, 3.8) is 0 Å². The number of carbonyl (C=O) groups excluding carboxylic acids is 1. The number of nitro groups is 1.